The number of hydrogen-bond donors (Lipinski definition) is 1. The molecule has 296 valence electrons. The van der Waals surface area contributed by atoms with Gasteiger partial charge in [0.15, 0.2) is 5.84 Å². The van der Waals surface area contributed by atoms with Gasteiger partial charge in [0.1, 0.15) is 0 Å². The van der Waals surface area contributed by atoms with Crippen LogP contribution >= 0.6 is 0 Å². The van der Waals surface area contributed by atoms with Gasteiger partial charge < -0.3 is 0 Å². The summed E-state index contributed by atoms with van der Waals surface area (Å²) in [5.41, 5.74) is 15.2. The number of amidine groups is 1. The number of rotatable bonds is 8. The average molecular weight is 803 g/mol. The lowest BCUT2D eigenvalue weighted by Gasteiger charge is -2.34. The predicted octanol–water partition coefficient (Wildman–Crippen LogP) is 15.2. The smallest absolute Gasteiger partial charge is 0.152 e. The largest absolute Gasteiger partial charge is 0.282 e. The van der Waals surface area contributed by atoms with Crippen LogP contribution in [0.5, 0.6) is 0 Å². The Labute approximate surface area is 368 Å². The quantitative estimate of drug-likeness (QED) is 0.117. The molecule has 0 saturated heterocycles. The Morgan fingerprint density at radius 1 is 0.429 bits per heavy atom. The van der Waals surface area contributed by atoms with Gasteiger partial charge in [0.25, 0.3) is 0 Å². The van der Waals surface area contributed by atoms with E-state index in [1.807, 2.05) is 42.5 Å². The summed E-state index contributed by atoms with van der Waals surface area (Å²) in [6, 6.07) is 84.3. The summed E-state index contributed by atoms with van der Waals surface area (Å²) < 4.78 is 0. The molecule has 0 spiro atoms. The fraction of sp³-hybridized carbons (Fsp3) is 0.0164. The molecule has 0 bridgehead atoms. The molecule has 1 aliphatic rings. The Bertz CT molecular complexity index is 3340. The van der Waals surface area contributed by atoms with Crippen molar-refractivity contribution in [2.24, 2.45) is 4.99 Å². The van der Waals surface area contributed by atoms with Crippen molar-refractivity contribution in [1.82, 2.24) is 0 Å². The van der Waals surface area contributed by atoms with E-state index in [0.717, 1.165) is 38.9 Å². The van der Waals surface area contributed by atoms with Crippen molar-refractivity contribution in [1.29, 1.82) is 5.41 Å². The van der Waals surface area contributed by atoms with Crippen LogP contribution < -0.4 is 0 Å². The first-order valence-electron chi connectivity index (χ1n) is 21.5. The van der Waals surface area contributed by atoms with Crippen LogP contribution in [0.2, 0.25) is 0 Å². The highest BCUT2D eigenvalue weighted by Crippen LogP contribution is 2.58. The molecule has 0 atom stereocenters. The molecule has 0 saturated carbocycles. The van der Waals surface area contributed by atoms with Gasteiger partial charge >= 0.3 is 0 Å². The summed E-state index contributed by atoms with van der Waals surface area (Å²) in [7, 11) is 0. The van der Waals surface area contributed by atoms with E-state index >= 15 is 0 Å². The van der Waals surface area contributed by atoms with Crippen LogP contribution in [0.1, 0.15) is 38.9 Å². The molecule has 0 radical (unpaired) electrons. The molecule has 1 N–H and O–H groups in total. The molecule has 11 rings (SSSR count). The van der Waals surface area contributed by atoms with Crippen LogP contribution in [0.25, 0.3) is 61.0 Å². The molecule has 2 heteroatoms. The van der Waals surface area contributed by atoms with Crippen molar-refractivity contribution in [2.75, 3.05) is 0 Å². The van der Waals surface area contributed by atoms with Crippen LogP contribution in [0.4, 0.5) is 0 Å². The molecule has 0 unspecified atom stereocenters. The Kier molecular flexibility index (Phi) is 9.60. The maximum absolute atomic E-state index is 9.06. The van der Waals surface area contributed by atoms with Gasteiger partial charge in [0.2, 0.25) is 0 Å². The number of nitrogens with zero attached hydrogens (tertiary/aromatic N) is 1. The first-order valence-corrected chi connectivity index (χ1v) is 21.5. The first kappa shape index (κ1) is 37.8. The molecule has 1 aliphatic carbocycles. The number of fused-ring (bicyclic) bond motifs is 6. The molecule has 10 aromatic rings. The number of aliphatic imine (C=N–C) groups is 1. The highest BCUT2D eigenvalue weighted by Gasteiger charge is 2.47. The molecule has 63 heavy (non-hydrogen) atoms. The molecule has 2 nitrogen and oxygen atoms in total. The van der Waals surface area contributed by atoms with Crippen LogP contribution in [0.3, 0.4) is 0 Å². The van der Waals surface area contributed by atoms with Crippen LogP contribution in [-0.4, -0.2) is 11.5 Å². The molecule has 0 heterocycles. The molecule has 0 amide bonds. The monoisotopic (exact) mass is 802 g/mol. The second kappa shape index (κ2) is 16.0. The zero-order chi connectivity index (χ0) is 42.2. The van der Waals surface area contributed by atoms with Crippen molar-refractivity contribution in [3.05, 3.63) is 282 Å². The van der Waals surface area contributed by atoms with Gasteiger partial charge in [-0.15, -0.1) is 0 Å². The highest BCUT2D eigenvalue weighted by atomic mass is 14.8. The van der Waals surface area contributed by atoms with Crippen LogP contribution in [-0.2, 0) is 5.41 Å². The van der Waals surface area contributed by atoms with Crippen molar-refractivity contribution in [2.45, 2.75) is 5.41 Å². The number of hydrogen-bond acceptors (Lipinski definition) is 1. The second-order valence-electron chi connectivity index (χ2n) is 16.2. The second-order valence-corrected chi connectivity index (χ2v) is 16.2. The third kappa shape index (κ3) is 6.52. The Morgan fingerprint density at radius 2 is 1.02 bits per heavy atom. The highest BCUT2D eigenvalue weighted by molar-refractivity contribution is 6.20. The third-order valence-corrected chi connectivity index (χ3v) is 12.7. The third-order valence-electron chi connectivity index (χ3n) is 12.7. The van der Waals surface area contributed by atoms with Crippen LogP contribution in [0, 0.1) is 5.41 Å². The topological polar surface area (TPSA) is 36.2 Å². The van der Waals surface area contributed by atoms with Crippen molar-refractivity contribution >= 4 is 39.2 Å². The lowest BCUT2D eigenvalue weighted by atomic mass is 9.66. The molecule has 0 aromatic heterocycles. The van der Waals surface area contributed by atoms with Crippen molar-refractivity contribution in [3.8, 4) is 33.4 Å². The molecule has 10 aromatic carbocycles. The van der Waals surface area contributed by atoms with Crippen LogP contribution in [0.15, 0.2) is 248 Å². The fourth-order valence-electron chi connectivity index (χ4n) is 9.87. The van der Waals surface area contributed by atoms with Crippen molar-refractivity contribution in [3.63, 3.8) is 0 Å². The molecular weight excluding hydrogens is 761 g/mol. The SMILES string of the molecule is N=C(N=C(/C=C/c1ccc(-c2ccc3c(c2)-c2ccc4ccccc4c2C3(c2ccccc2)c2ccccc2)c2ccccc12)c1ccccc1-c1ccccc1)c1ccccc1. The van der Waals surface area contributed by atoms with E-state index in [1.54, 1.807) is 0 Å². The zero-order valence-corrected chi connectivity index (χ0v) is 34.6. The van der Waals surface area contributed by atoms with Gasteiger partial charge in [-0.05, 0) is 94.9 Å². The van der Waals surface area contributed by atoms with E-state index in [9.17, 15) is 0 Å². The van der Waals surface area contributed by atoms with Gasteiger partial charge in [-0.2, -0.15) is 0 Å². The molecule has 0 fully saturated rings. The van der Waals surface area contributed by atoms with E-state index in [2.05, 4.69) is 206 Å². The zero-order valence-electron chi connectivity index (χ0n) is 34.6. The van der Waals surface area contributed by atoms with E-state index in [-0.39, 0.29) is 5.84 Å². The van der Waals surface area contributed by atoms with Gasteiger partial charge in [0, 0.05) is 11.1 Å². The van der Waals surface area contributed by atoms with Gasteiger partial charge in [0.05, 0.1) is 11.1 Å². The Balaban J connectivity index is 1.06. The van der Waals surface area contributed by atoms with E-state index < -0.39 is 5.41 Å². The van der Waals surface area contributed by atoms with Gasteiger partial charge in [-0.3, -0.25) is 5.41 Å². The molecular formula is C61H42N2. The summed E-state index contributed by atoms with van der Waals surface area (Å²) >= 11 is 0. The summed E-state index contributed by atoms with van der Waals surface area (Å²) in [5, 5.41) is 13.9. The number of allylic oxidation sites excluding steroid dienone is 1. The maximum Gasteiger partial charge on any atom is 0.152 e. The average Bonchev–Trinajstić information content (AvgIpc) is 3.67. The van der Waals surface area contributed by atoms with E-state index in [0.29, 0.717) is 0 Å². The molecule has 0 aliphatic heterocycles. The Morgan fingerprint density at radius 3 is 1.75 bits per heavy atom. The first-order chi connectivity index (χ1) is 31.2. The Hall–Kier alpha value is -8.20. The normalized spacial score (nSPS) is 13.0. The predicted molar refractivity (Wildman–Crippen MR) is 265 cm³/mol. The van der Waals surface area contributed by atoms with Gasteiger partial charge in [-0.1, -0.05) is 237 Å². The lowest BCUT2D eigenvalue weighted by molar-refractivity contribution is 0.775. The number of benzene rings is 10. The minimum atomic E-state index is -0.501. The van der Waals surface area contributed by atoms with E-state index in [1.165, 1.54) is 60.7 Å². The summed E-state index contributed by atoms with van der Waals surface area (Å²) in [5.74, 6) is 0.216. The summed E-state index contributed by atoms with van der Waals surface area (Å²) in [6.45, 7) is 0. The van der Waals surface area contributed by atoms with E-state index in [4.69, 9.17) is 10.4 Å². The standard InChI is InChI=1S/C61H42N2/c62-60(45-22-7-2-8-23-45)63-58(54-32-18-16-29-50(54)42-19-5-1-6-20-42)40-36-44-33-37-51(53-31-17-15-28-49(44)53)46-35-39-57-56(41-46)55-38-34-43-21-13-14-30-52(43)59(55)61(57,47-24-9-3-10-25-47)48-26-11-4-12-27-48/h1-41,62H/b40-36+,62-60?,63-58?. The minimum absolute atomic E-state index is 0.216. The maximum atomic E-state index is 9.06. The van der Waals surface area contributed by atoms with Gasteiger partial charge in [-0.25, -0.2) is 4.99 Å². The fourth-order valence-corrected chi connectivity index (χ4v) is 9.87. The summed E-state index contributed by atoms with van der Waals surface area (Å²) in [4.78, 5) is 5.00. The van der Waals surface area contributed by atoms with Crippen molar-refractivity contribution < 1.29 is 0 Å². The summed E-state index contributed by atoms with van der Waals surface area (Å²) in [6.07, 6.45) is 4.23. The lowest BCUT2D eigenvalue weighted by Crippen LogP contribution is -2.28. The number of nitrogens with one attached hydrogen (secondary N) is 1. The minimum Gasteiger partial charge on any atom is -0.282 e.